The molecule has 0 aromatic carbocycles. The van der Waals surface area contributed by atoms with E-state index in [1.165, 1.54) is 13.8 Å². The Bertz CT molecular complexity index is 610. The number of hydrogen-bond donors (Lipinski definition) is 1. The van der Waals surface area contributed by atoms with E-state index in [4.69, 9.17) is 18.8 Å². The summed E-state index contributed by atoms with van der Waals surface area (Å²) in [5, 5.41) is 0. The minimum atomic E-state index is -4.15. The second kappa shape index (κ2) is 13.0. The van der Waals surface area contributed by atoms with Gasteiger partial charge in [0.15, 0.2) is 0 Å². The van der Waals surface area contributed by atoms with E-state index in [9.17, 15) is 22.8 Å². The zero-order valence-corrected chi connectivity index (χ0v) is 15.0. The van der Waals surface area contributed by atoms with Gasteiger partial charge in [0.2, 0.25) is 0 Å². The molecule has 0 rings (SSSR count). The summed E-state index contributed by atoms with van der Waals surface area (Å²) in [5.74, 6) is -3.97. The summed E-state index contributed by atoms with van der Waals surface area (Å²) in [7, 11) is -4.15. The minimum absolute atomic E-state index is 0. The molecular weight excluding hydrogens is 379 g/mol. The molecule has 11 heteroatoms. The van der Waals surface area contributed by atoms with Crippen LogP contribution in [0.3, 0.4) is 0 Å². The molecule has 0 saturated heterocycles. The maximum atomic E-state index is 12.0. The zero-order valence-electron chi connectivity index (χ0n) is 14.1. The van der Waals surface area contributed by atoms with Gasteiger partial charge in [0.25, 0.3) is 10.1 Å². The Balaban J connectivity index is 0. The first-order valence-electron chi connectivity index (χ1n) is 7.21. The summed E-state index contributed by atoms with van der Waals surface area (Å²) in [4.78, 5) is 34.8. The standard InChI is InChI=1S/C15H22O9S.Na.H/c1-10(2)13(16)23-8-12(9-24-14(17)11(3)4)15(18)22-6-5-7-25(19,20)21;;/h12H,1,3,5-9H2,2,4H3,(H,19,20,21);;. The van der Waals surface area contributed by atoms with Gasteiger partial charge in [0, 0.05) is 11.1 Å². The number of rotatable bonds is 11. The first kappa shape index (κ1) is 27.0. The molecule has 0 aromatic rings. The molecule has 0 unspecified atom stereocenters. The van der Waals surface area contributed by atoms with Crippen molar-refractivity contribution in [3.05, 3.63) is 24.3 Å². The van der Waals surface area contributed by atoms with Crippen LogP contribution in [0.4, 0.5) is 0 Å². The van der Waals surface area contributed by atoms with Gasteiger partial charge in [-0.2, -0.15) is 8.42 Å². The van der Waals surface area contributed by atoms with Crippen LogP contribution in [0.2, 0.25) is 0 Å². The molecule has 0 aliphatic carbocycles. The quantitative estimate of drug-likeness (QED) is 0.127. The topological polar surface area (TPSA) is 133 Å². The van der Waals surface area contributed by atoms with Crippen LogP contribution in [0.5, 0.6) is 0 Å². The first-order chi connectivity index (χ1) is 11.4. The molecule has 0 atom stereocenters. The Morgan fingerprint density at radius 2 is 1.38 bits per heavy atom. The predicted molar refractivity (Wildman–Crippen MR) is 94.2 cm³/mol. The van der Waals surface area contributed by atoms with Gasteiger partial charge in [-0.3, -0.25) is 9.35 Å². The second-order valence-electron chi connectivity index (χ2n) is 5.26. The first-order valence-corrected chi connectivity index (χ1v) is 8.82. The Hall–Kier alpha value is -1.20. The van der Waals surface area contributed by atoms with Gasteiger partial charge < -0.3 is 14.2 Å². The molecule has 144 valence electrons. The van der Waals surface area contributed by atoms with E-state index >= 15 is 0 Å². The van der Waals surface area contributed by atoms with Crippen LogP contribution in [0.15, 0.2) is 24.3 Å². The van der Waals surface area contributed by atoms with Gasteiger partial charge in [-0.1, -0.05) is 13.2 Å². The van der Waals surface area contributed by atoms with Gasteiger partial charge in [-0.25, -0.2) is 9.59 Å². The third kappa shape index (κ3) is 13.1. The fourth-order valence-corrected chi connectivity index (χ4v) is 1.80. The molecule has 0 radical (unpaired) electrons. The van der Waals surface area contributed by atoms with Gasteiger partial charge in [0.1, 0.15) is 19.1 Å². The van der Waals surface area contributed by atoms with Crippen LogP contribution in [-0.2, 0) is 38.7 Å². The third-order valence-corrected chi connectivity index (χ3v) is 3.46. The van der Waals surface area contributed by atoms with E-state index in [0.29, 0.717) is 0 Å². The molecule has 9 nitrogen and oxygen atoms in total. The SMILES string of the molecule is C=C(C)C(=O)OCC(COC(=O)C(=C)C)C(=O)OCCCS(=O)(=O)O.[NaH]. The van der Waals surface area contributed by atoms with Crippen molar-refractivity contribution in [2.45, 2.75) is 20.3 Å². The molecule has 0 aliphatic rings. The maximum absolute atomic E-state index is 12.0. The molecule has 0 saturated carbocycles. The van der Waals surface area contributed by atoms with Crippen molar-refractivity contribution < 1.29 is 41.6 Å². The van der Waals surface area contributed by atoms with E-state index in [1.807, 2.05) is 0 Å². The molecule has 0 amide bonds. The Kier molecular flexibility index (Phi) is 13.6. The van der Waals surface area contributed by atoms with Crippen molar-refractivity contribution in [2.75, 3.05) is 25.6 Å². The van der Waals surface area contributed by atoms with Gasteiger partial charge in [-0.05, 0) is 20.3 Å². The van der Waals surface area contributed by atoms with Crippen LogP contribution in [0, 0.1) is 5.92 Å². The van der Waals surface area contributed by atoms with Crippen LogP contribution >= 0.6 is 0 Å². The monoisotopic (exact) mass is 402 g/mol. The Labute approximate surface area is 174 Å². The molecule has 1 N–H and O–H groups in total. The third-order valence-electron chi connectivity index (χ3n) is 2.65. The number of carbonyl (C=O) groups excluding carboxylic acids is 3. The van der Waals surface area contributed by atoms with Gasteiger partial charge in [0.05, 0.1) is 12.4 Å². The summed E-state index contributed by atoms with van der Waals surface area (Å²) in [6.45, 7) is 8.53. The van der Waals surface area contributed by atoms with Crippen LogP contribution < -0.4 is 0 Å². The summed E-state index contributed by atoms with van der Waals surface area (Å²) < 4.78 is 44.3. The van der Waals surface area contributed by atoms with Crippen molar-refractivity contribution in [3.8, 4) is 0 Å². The summed E-state index contributed by atoms with van der Waals surface area (Å²) in [6, 6.07) is 0. The summed E-state index contributed by atoms with van der Waals surface area (Å²) in [5.41, 5.74) is 0.249. The van der Waals surface area contributed by atoms with Gasteiger partial charge in [-0.15, -0.1) is 0 Å². The van der Waals surface area contributed by atoms with Gasteiger partial charge >= 0.3 is 47.5 Å². The van der Waals surface area contributed by atoms with E-state index in [2.05, 4.69) is 13.2 Å². The van der Waals surface area contributed by atoms with Crippen molar-refractivity contribution in [1.82, 2.24) is 0 Å². The van der Waals surface area contributed by atoms with Crippen molar-refractivity contribution >= 4 is 57.6 Å². The average molecular weight is 402 g/mol. The number of carbonyl (C=O) groups is 3. The number of hydrogen-bond acceptors (Lipinski definition) is 8. The summed E-state index contributed by atoms with van der Waals surface area (Å²) >= 11 is 0. The van der Waals surface area contributed by atoms with E-state index < -0.39 is 52.9 Å². The Morgan fingerprint density at radius 1 is 0.962 bits per heavy atom. The number of ether oxygens (including phenoxy) is 3. The molecule has 0 spiro atoms. The molecule has 0 aromatic heterocycles. The fraction of sp³-hybridized carbons (Fsp3) is 0.533. The number of esters is 3. The molecule has 0 aliphatic heterocycles. The van der Waals surface area contributed by atoms with Crippen molar-refractivity contribution in [3.63, 3.8) is 0 Å². The van der Waals surface area contributed by atoms with E-state index in [-0.39, 0.29) is 53.7 Å². The fourth-order valence-electron chi connectivity index (χ4n) is 1.32. The van der Waals surface area contributed by atoms with Crippen molar-refractivity contribution in [2.24, 2.45) is 5.92 Å². The van der Waals surface area contributed by atoms with Crippen LogP contribution in [0.25, 0.3) is 0 Å². The zero-order chi connectivity index (χ0) is 19.6. The van der Waals surface area contributed by atoms with Crippen LogP contribution in [-0.4, -0.2) is 86.0 Å². The van der Waals surface area contributed by atoms with Crippen molar-refractivity contribution in [1.29, 1.82) is 0 Å². The molecule has 0 bridgehead atoms. The molecular formula is C15H23NaO9S. The van der Waals surface area contributed by atoms with E-state index in [1.54, 1.807) is 0 Å². The summed E-state index contributed by atoms with van der Waals surface area (Å²) in [6.07, 6.45) is -0.117. The molecule has 0 heterocycles. The normalized spacial score (nSPS) is 10.5. The Morgan fingerprint density at radius 3 is 1.73 bits per heavy atom. The molecule has 26 heavy (non-hydrogen) atoms. The average Bonchev–Trinajstić information content (AvgIpc) is 2.49. The predicted octanol–water partition coefficient (Wildman–Crippen LogP) is 0.0138. The van der Waals surface area contributed by atoms with E-state index in [0.717, 1.165) is 0 Å². The van der Waals surface area contributed by atoms with Crippen LogP contribution in [0.1, 0.15) is 20.3 Å². The second-order valence-corrected chi connectivity index (χ2v) is 6.83. The molecule has 0 fully saturated rings.